The van der Waals surface area contributed by atoms with Gasteiger partial charge in [0.2, 0.25) is 0 Å². The third-order valence-corrected chi connectivity index (χ3v) is 5.19. The standard InChI is InChI=1S/C24H24N4O/c1-16-9-8-12-23(18(16)3)28-17(2)13-21(19(28)4)15-26-27-24(29)22(14-25)20-10-6-5-7-11-20/h5-13,15,22H,1-4H3,(H,27,29)/b26-15-/t22-/m0/s1. The molecule has 0 fully saturated rings. The number of carbonyl (C=O) groups excluding carboxylic acids is 1. The second-order valence-electron chi connectivity index (χ2n) is 7.09. The number of carbonyl (C=O) groups is 1. The highest BCUT2D eigenvalue weighted by molar-refractivity contribution is 5.88. The van der Waals surface area contributed by atoms with E-state index < -0.39 is 11.8 Å². The smallest absolute Gasteiger partial charge is 0.261 e. The second kappa shape index (κ2) is 8.57. The van der Waals surface area contributed by atoms with Crippen molar-refractivity contribution in [2.45, 2.75) is 33.6 Å². The molecular weight excluding hydrogens is 360 g/mol. The van der Waals surface area contributed by atoms with E-state index in [0.29, 0.717) is 5.56 Å². The summed E-state index contributed by atoms with van der Waals surface area (Å²) >= 11 is 0. The van der Waals surface area contributed by atoms with Crippen LogP contribution in [0.2, 0.25) is 0 Å². The molecule has 29 heavy (non-hydrogen) atoms. The Hall–Kier alpha value is -3.65. The highest BCUT2D eigenvalue weighted by Crippen LogP contribution is 2.24. The van der Waals surface area contributed by atoms with Crippen molar-refractivity contribution in [3.8, 4) is 11.8 Å². The molecule has 3 rings (SSSR count). The van der Waals surface area contributed by atoms with Crippen molar-refractivity contribution >= 4 is 12.1 Å². The largest absolute Gasteiger partial charge is 0.318 e. The molecule has 0 radical (unpaired) electrons. The molecule has 0 unspecified atom stereocenters. The van der Waals surface area contributed by atoms with E-state index in [1.807, 2.05) is 32.0 Å². The van der Waals surface area contributed by atoms with Crippen molar-refractivity contribution in [1.82, 2.24) is 9.99 Å². The molecule has 0 saturated heterocycles. The van der Waals surface area contributed by atoms with Crippen LogP contribution in [0, 0.1) is 39.0 Å². The lowest BCUT2D eigenvalue weighted by Crippen LogP contribution is -2.24. The predicted octanol–water partition coefficient (Wildman–Crippen LogP) is 4.47. The second-order valence-corrected chi connectivity index (χ2v) is 7.09. The fraction of sp³-hybridized carbons (Fsp3) is 0.208. The average Bonchev–Trinajstić information content (AvgIpc) is 2.99. The minimum atomic E-state index is -0.893. The molecule has 1 heterocycles. The number of aromatic nitrogens is 1. The summed E-state index contributed by atoms with van der Waals surface area (Å²) in [6.45, 7) is 8.29. The summed E-state index contributed by atoms with van der Waals surface area (Å²) in [5.74, 6) is -1.34. The zero-order chi connectivity index (χ0) is 21.0. The van der Waals surface area contributed by atoms with Crippen molar-refractivity contribution in [2.24, 2.45) is 5.10 Å². The van der Waals surface area contributed by atoms with Crippen LogP contribution in [0.5, 0.6) is 0 Å². The van der Waals surface area contributed by atoms with Gasteiger partial charge in [-0.15, -0.1) is 0 Å². The molecular formula is C24H24N4O. The van der Waals surface area contributed by atoms with Crippen LogP contribution in [0.4, 0.5) is 0 Å². The van der Waals surface area contributed by atoms with Gasteiger partial charge in [0.05, 0.1) is 12.3 Å². The molecule has 5 nitrogen and oxygen atoms in total. The summed E-state index contributed by atoms with van der Waals surface area (Å²) in [5, 5.41) is 13.5. The Labute approximate surface area is 171 Å². The molecule has 0 bridgehead atoms. The first-order valence-corrected chi connectivity index (χ1v) is 9.47. The van der Waals surface area contributed by atoms with Crippen molar-refractivity contribution in [2.75, 3.05) is 0 Å². The normalized spacial score (nSPS) is 12.0. The number of hydrazone groups is 1. The number of hydrogen-bond donors (Lipinski definition) is 1. The first-order chi connectivity index (χ1) is 13.9. The molecule has 1 aromatic heterocycles. The topological polar surface area (TPSA) is 70.2 Å². The van der Waals surface area contributed by atoms with Crippen molar-refractivity contribution in [1.29, 1.82) is 5.26 Å². The molecule has 1 atom stereocenters. The number of hydrogen-bond acceptors (Lipinski definition) is 3. The maximum Gasteiger partial charge on any atom is 0.261 e. The van der Waals surface area contributed by atoms with Gasteiger partial charge in [-0.25, -0.2) is 5.43 Å². The van der Waals surface area contributed by atoms with Crippen LogP contribution in [-0.2, 0) is 4.79 Å². The summed E-state index contributed by atoms with van der Waals surface area (Å²) < 4.78 is 2.19. The van der Waals surface area contributed by atoms with E-state index in [2.05, 4.69) is 47.1 Å². The van der Waals surface area contributed by atoms with E-state index >= 15 is 0 Å². The lowest BCUT2D eigenvalue weighted by molar-refractivity contribution is -0.121. The number of nitrogens with one attached hydrogen (secondary N) is 1. The zero-order valence-corrected chi connectivity index (χ0v) is 17.1. The summed E-state index contributed by atoms with van der Waals surface area (Å²) in [5.41, 5.74) is 9.78. The van der Waals surface area contributed by atoms with E-state index in [1.165, 1.54) is 11.1 Å². The van der Waals surface area contributed by atoms with E-state index in [-0.39, 0.29) is 0 Å². The molecule has 2 aromatic carbocycles. The summed E-state index contributed by atoms with van der Waals surface area (Å²) in [7, 11) is 0. The molecule has 0 spiro atoms. The minimum absolute atomic E-state index is 0.446. The molecule has 1 N–H and O–H groups in total. The average molecular weight is 384 g/mol. The molecule has 0 saturated carbocycles. The summed E-state index contributed by atoms with van der Waals surface area (Å²) in [4.78, 5) is 12.4. The van der Waals surface area contributed by atoms with Crippen LogP contribution >= 0.6 is 0 Å². The van der Waals surface area contributed by atoms with Gasteiger partial charge in [-0.05, 0) is 56.5 Å². The van der Waals surface area contributed by atoms with Gasteiger partial charge in [-0.2, -0.15) is 10.4 Å². The highest BCUT2D eigenvalue weighted by atomic mass is 16.2. The first kappa shape index (κ1) is 20.1. The Balaban J connectivity index is 1.81. The van der Waals surface area contributed by atoms with Crippen LogP contribution in [0.15, 0.2) is 59.7 Å². The number of rotatable bonds is 5. The minimum Gasteiger partial charge on any atom is -0.318 e. The maximum atomic E-state index is 12.4. The van der Waals surface area contributed by atoms with Gasteiger partial charge in [0.1, 0.15) is 0 Å². The van der Waals surface area contributed by atoms with Gasteiger partial charge in [0.15, 0.2) is 5.92 Å². The Morgan fingerprint density at radius 3 is 2.52 bits per heavy atom. The molecule has 1 amide bonds. The molecule has 5 heteroatoms. The molecule has 0 aliphatic rings. The van der Waals surface area contributed by atoms with Gasteiger partial charge in [0.25, 0.3) is 5.91 Å². The zero-order valence-electron chi connectivity index (χ0n) is 17.1. The number of aryl methyl sites for hydroxylation is 2. The van der Waals surface area contributed by atoms with E-state index in [1.54, 1.807) is 30.5 Å². The summed E-state index contributed by atoms with van der Waals surface area (Å²) in [6.07, 6.45) is 1.63. The summed E-state index contributed by atoms with van der Waals surface area (Å²) in [6, 6.07) is 19.3. The van der Waals surface area contributed by atoms with Gasteiger partial charge in [-0.1, -0.05) is 42.5 Å². The number of benzene rings is 2. The van der Waals surface area contributed by atoms with Gasteiger partial charge >= 0.3 is 0 Å². The van der Waals surface area contributed by atoms with Crippen molar-refractivity contribution in [3.05, 3.63) is 88.2 Å². The van der Waals surface area contributed by atoms with Crippen LogP contribution in [0.1, 0.15) is 39.6 Å². The maximum absolute atomic E-state index is 12.4. The SMILES string of the molecule is Cc1cccc(-n2c(C)cc(/C=N\NC(=O)[C@@H](C#N)c3ccccc3)c2C)c1C. The lowest BCUT2D eigenvalue weighted by atomic mass is 10.0. The van der Waals surface area contributed by atoms with Gasteiger partial charge < -0.3 is 4.57 Å². The molecule has 3 aromatic rings. The fourth-order valence-electron chi connectivity index (χ4n) is 3.43. The monoisotopic (exact) mass is 384 g/mol. The predicted molar refractivity (Wildman–Crippen MR) is 115 cm³/mol. The highest BCUT2D eigenvalue weighted by Gasteiger charge is 2.19. The van der Waals surface area contributed by atoms with Crippen LogP contribution < -0.4 is 5.43 Å². The Kier molecular flexibility index (Phi) is 5.94. The van der Waals surface area contributed by atoms with E-state index in [4.69, 9.17) is 0 Å². The number of amides is 1. The van der Waals surface area contributed by atoms with Crippen LogP contribution in [-0.4, -0.2) is 16.7 Å². The van der Waals surface area contributed by atoms with Crippen LogP contribution in [0.3, 0.4) is 0 Å². The molecule has 146 valence electrons. The van der Waals surface area contributed by atoms with Gasteiger partial charge in [-0.3, -0.25) is 4.79 Å². The van der Waals surface area contributed by atoms with Crippen LogP contribution in [0.25, 0.3) is 5.69 Å². The van der Waals surface area contributed by atoms with Crippen molar-refractivity contribution in [3.63, 3.8) is 0 Å². The fourth-order valence-corrected chi connectivity index (χ4v) is 3.43. The first-order valence-electron chi connectivity index (χ1n) is 9.47. The van der Waals surface area contributed by atoms with E-state index in [9.17, 15) is 10.1 Å². The van der Waals surface area contributed by atoms with E-state index in [0.717, 1.165) is 22.6 Å². The van der Waals surface area contributed by atoms with Crippen molar-refractivity contribution < 1.29 is 4.79 Å². The number of nitriles is 1. The third kappa shape index (κ3) is 4.12. The molecule has 0 aliphatic heterocycles. The van der Waals surface area contributed by atoms with Gasteiger partial charge in [0, 0.05) is 22.6 Å². The Bertz CT molecular complexity index is 1100. The number of nitrogens with zero attached hydrogens (tertiary/aromatic N) is 3. The molecule has 0 aliphatic carbocycles. The quantitative estimate of drug-likeness (QED) is 0.521. The Morgan fingerprint density at radius 2 is 1.83 bits per heavy atom. The lowest BCUT2D eigenvalue weighted by Gasteiger charge is -2.14. The third-order valence-electron chi connectivity index (χ3n) is 5.19. The Morgan fingerprint density at radius 1 is 1.10 bits per heavy atom.